The monoisotopic (exact) mass is 491 g/mol. The molecule has 1 heterocycles. The van der Waals surface area contributed by atoms with Crippen LogP contribution >= 0.6 is 11.3 Å². The van der Waals surface area contributed by atoms with E-state index in [0.29, 0.717) is 25.3 Å². The first kappa shape index (κ1) is 26.2. The Balaban J connectivity index is 1.38. The van der Waals surface area contributed by atoms with Gasteiger partial charge in [-0.1, -0.05) is 13.8 Å². The van der Waals surface area contributed by atoms with Crippen molar-refractivity contribution in [1.82, 2.24) is 10.3 Å². The zero-order valence-corrected chi connectivity index (χ0v) is 21.5. The van der Waals surface area contributed by atoms with E-state index in [-0.39, 0.29) is 11.8 Å². The van der Waals surface area contributed by atoms with Gasteiger partial charge in [-0.05, 0) is 74.7 Å². The lowest BCUT2D eigenvalue weighted by Gasteiger charge is -2.09. The summed E-state index contributed by atoms with van der Waals surface area (Å²) in [4.78, 5) is 17.7. The topological polar surface area (TPSA) is 84.2 Å². The molecule has 7 heteroatoms. The van der Waals surface area contributed by atoms with E-state index in [0.717, 1.165) is 53.4 Å². The number of nitrogens with zero attached hydrogens (tertiary/aromatic N) is 2. The second-order valence-electron chi connectivity index (χ2n) is 8.62. The Bertz CT molecular complexity index is 1120. The number of benzene rings is 2. The van der Waals surface area contributed by atoms with E-state index >= 15 is 0 Å². The van der Waals surface area contributed by atoms with E-state index in [4.69, 9.17) is 19.7 Å². The number of thiazole rings is 1. The summed E-state index contributed by atoms with van der Waals surface area (Å²) in [5.41, 5.74) is 2.68. The minimum atomic E-state index is -0.00699. The predicted octanol–water partition coefficient (Wildman–Crippen LogP) is 5.93. The first-order valence-corrected chi connectivity index (χ1v) is 12.9. The molecule has 0 aliphatic rings. The highest BCUT2D eigenvalue weighted by atomic mass is 32.1. The lowest BCUT2D eigenvalue weighted by atomic mass is 10.1. The highest BCUT2D eigenvalue weighted by molar-refractivity contribution is 7.12. The van der Waals surface area contributed by atoms with E-state index in [1.165, 1.54) is 4.88 Å². The Morgan fingerprint density at radius 1 is 1.00 bits per heavy atom. The van der Waals surface area contributed by atoms with Gasteiger partial charge in [0, 0.05) is 29.3 Å². The molecule has 0 aliphatic carbocycles. The summed E-state index contributed by atoms with van der Waals surface area (Å²) in [5, 5.41) is 12.8. The van der Waals surface area contributed by atoms with Crippen molar-refractivity contribution in [1.29, 1.82) is 5.26 Å². The fourth-order valence-electron chi connectivity index (χ4n) is 3.46. The number of nitrogens with one attached hydrogen (secondary N) is 1. The van der Waals surface area contributed by atoms with Crippen LogP contribution in [0.15, 0.2) is 48.5 Å². The van der Waals surface area contributed by atoms with Crippen LogP contribution in [0.1, 0.15) is 48.6 Å². The van der Waals surface area contributed by atoms with Crippen molar-refractivity contribution >= 4 is 17.2 Å². The van der Waals surface area contributed by atoms with E-state index < -0.39 is 0 Å². The summed E-state index contributed by atoms with van der Waals surface area (Å²) < 4.78 is 11.6. The third kappa shape index (κ3) is 8.41. The Kier molecular flexibility index (Phi) is 10.1. The van der Waals surface area contributed by atoms with Crippen LogP contribution in [0.3, 0.4) is 0 Å². The Morgan fingerprint density at radius 3 is 2.17 bits per heavy atom. The minimum absolute atomic E-state index is 0.00699. The average molecular weight is 492 g/mol. The molecule has 0 saturated heterocycles. The average Bonchev–Trinajstić information content (AvgIpc) is 3.24. The molecule has 6 nitrogen and oxygen atoms in total. The zero-order valence-electron chi connectivity index (χ0n) is 20.7. The molecule has 1 aromatic heterocycles. The second kappa shape index (κ2) is 13.5. The van der Waals surface area contributed by atoms with Gasteiger partial charge in [0.15, 0.2) is 0 Å². The van der Waals surface area contributed by atoms with Crippen LogP contribution in [-0.4, -0.2) is 30.6 Å². The molecule has 1 amide bonds. The van der Waals surface area contributed by atoms with Crippen LogP contribution in [-0.2, 0) is 11.2 Å². The van der Waals surface area contributed by atoms with Crippen molar-refractivity contribution < 1.29 is 14.3 Å². The second-order valence-corrected chi connectivity index (χ2v) is 9.91. The maximum atomic E-state index is 11.8. The van der Waals surface area contributed by atoms with Gasteiger partial charge in [0.1, 0.15) is 11.5 Å². The number of ether oxygens (including phenoxy) is 2. The summed E-state index contributed by atoms with van der Waals surface area (Å²) in [6, 6.07) is 17.3. The number of carbonyl (C=O) groups excluding carboxylic acids is 1. The summed E-state index contributed by atoms with van der Waals surface area (Å²) in [6.45, 7) is 7.73. The minimum Gasteiger partial charge on any atom is -0.494 e. The van der Waals surface area contributed by atoms with Gasteiger partial charge in [0.05, 0.1) is 35.5 Å². The largest absolute Gasteiger partial charge is 0.494 e. The zero-order chi connectivity index (χ0) is 25.0. The molecule has 35 heavy (non-hydrogen) atoms. The fraction of sp³-hybridized carbons (Fsp3) is 0.393. The van der Waals surface area contributed by atoms with E-state index in [9.17, 15) is 4.79 Å². The van der Waals surface area contributed by atoms with Crippen LogP contribution in [0.25, 0.3) is 11.3 Å². The normalized spacial score (nSPS) is 10.7. The van der Waals surface area contributed by atoms with E-state index in [1.807, 2.05) is 57.2 Å². The number of aryl methyl sites for hydroxylation is 1. The van der Waals surface area contributed by atoms with Gasteiger partial charge in [-0.15, -0.1) is 11.3 Å². The number of amides is 1. The highest BCUT2D eigenvalue weighted by Gasteiger charge is 2.13. The molecular weight excluding hydrogens is 458 g/mol. The van der Waals surface area contributed by atoms with Gasteiger partial charge < -0.3 is 14.8 Å². The van der Waals surface area contributed by atoms with E-state index in [1.54, 1.807) is 23.5 Å². The summed E-state index contributed by atoms with van der Waals surface area (Å²) >= 11 is 1.68. The summed E-state index contributed by atoms with van der Waals surface area (Å²) in [5.74, 6) is 1.71. The molecule has 2 aromatic carbocycles. The Morgan fingerprint density at radius 2 is 1.60 bits per heavy atom. The molecule has 0 spiro atoms. The van der Waals surface area contributed by atoms with Crippen molar-refractivity contribution in [2.45, 2.75) is 46.5 Å². The van der Waals surface area contributed by atoms with Gasteiger partial charge >= 0.3 is 0 Å². The first-order chi connectivity index (χ1) is 17.0. The van der Waals surface area contributed by atoms with Gasteiger partial charge in [0.25, 0.3) is 0 Å². The van der Waals surface area contributed by atoms with Crippen LogP contribution in [0.4, 0.5) is 0 Å². The molecule has 3 rings (SSSR count). The van der Waals surface area contributed by atoms with Crippen molar-refractivity contribution in [3.63, 3.8) is 0 Å². The van der Waals surface area contributed by atoms with Crippen LogP contribution in [0.5, 0.6) is 11.5 Å². The smallest absolute Gasteiger partial charge is 0.222 e. The van der Waals surface area contributed by atoms with Gasteiger partial charge in [-0.2, -0.15) is 5.26 Å². The molecule has 0 aliphatic heterocycles. The number of hydrogen-bond acceptors (Lipinski definition) is 6. The maximum absolute atomic E-state index is 11.8. The Labute approximate surface area is 211 Å². The number of hydrogen-bond donors (Lipinski definition) is 1. The van der Waals surface area contributed by atoms with Crippen molar-refractivity contribution in [3.05, 3.63) is 64.0 Å². The Hall–Kier alpha value is -3.37. The summed E-state index contributed by atoms with van der Waals surface area (Å²) in [6.07, 6.45) is 3.69. The molecular formula is C28H33N3O3S. The van der Waals surface area contributed by atoms with Crippen molar-refractivity contribution in [2.24, 2.45) is 5.92 Å². The lowest BCUT2D eigenvalue weighted by Crippen LogP contribution is -2.29. The quantitative estimate of drug-likeness (QED) is 0.300. The number of nitriles is 1. The number of unbranched alkanes of at least 4 members (excludes halogenated alkanes) is 2. The third-order valence-corrected chi connectivity index (χ3v) is 6.45. The molecule has 184 valence electrons. The molecule has 3 aromatic rings. The number of rotatable bonds is 13. The number of aromatic nitrogens is 1. The molecule has 0 atom stereocenters. The maximum Gasteiger partial charge on any atom is 0.222 e. The van der Waals surface area contributed by atoms with Crippen LogP contribution < -0.4 is 14.8 Å². The fourth-order valence-corrected chi connectivity index (χ4v) is 4.42. The summed E-state index contributed by atoms with van der Waals surface area (Å²) in [7, 11) is 0. The van der Waals surface area contributed by atoms with Gasteiger partial charge in [0.2, 0.25) is 5.91 Å². The highest BCUT2D eigenvalue weighted by Crippen LogP contribution is 2.29. The van der Waals surface area contributed by atoms with E-state index in [2.05, 4.69) is 11.4 Å². The van der Waals surface area contributed by atoms with Crippen molar-refractivity contribution in [3.8, 4) is 28.8 Å². The van der Waals surface area contributed by atoms with Gasteiger partial charge in [-0.3, -0.25) is 4.79 Å². The molecule has 0 bridgehead atoms. The molecule has 1 N–H and O–H groups in total. The molecule has 0 radical (unpaired) electrons. The van der Waals surface area contributed by atoms with Gasteiger partial charge in [-0.25, -0.2) is 4.98 Å². The van der Waals surface area contributed by atoms with Crippen molar-refractivity contribution in [2.75, 3.05) is 19.8 Å². The SMILES string of the molecule is Cc1nc(-c2ccc(OCCCCCOc3ccc(C#N)cc3)cc2)c(CCNC(=O)C(C)C)s1. The lowest BCUT2D eigenvalue weighted by molar-refractivity contribution is -0.123. The molecule has 0 saturated carbocycles. The van der Waals surface area contributed by atoms with Crippen LogP contribution in [0.2, 0.25) is 0 Å². The predicted molar refractivity (Wildman–Crippen MR) is 140 cm³/mol. The first-order valence-electron chi connectivity index (χ1n) is 12.1. The number of carbonyl (C=O) groups is 1. The molecule has 0 fully saturated rings. The molecule has 0 unspecified atom stereocenters. The standard InChI is InChI=1S/C28H33N3O3S/c1-20(2)28(32)30-16-15-26-27(31-21(3)35-26)23-9-13-25(14-10-23)34-18-6-4-5-17-33-24-11-7-22(19-29)8-12-24/h7-14,20H,4-6,15-18H2,1-3H3,(H,30,32). The van der Waals surface area contributed by atoms with Crippen LogP contribution in [0, 0.1) is 24.2 Å². The third-order valence-electron chi connectivity index (χ3n) is 5.42.